The van der Waals surface area contributed by atoms with E-state index in [0.29, 0.717) is 17.4 Å². The van der Waals surface area contributed by atoms with E-state index in [9.17, 15) is 14.4 Å². The van der Waals surface area contributed by atoms with E-state index in [2.05, 4.69) is 10.6 Å². The highest BCUT2D eigenvalue weighted by Crippen LogP contribution is 2.36. The van der Waals surface area contributed by atoms with Gasteiger partial charge in [-0.25, -0.2) is 9.89 Å². The normalized spacial score (nSPS) is 23.0. The maximum absolute atomic E-state index is 13.6. The summed E-state index contributed by atoms with van der Waals surface area (Å²) >= 11 is 1.32. The van der Waals surface area contributed by atoms with Crippen molar-refractivity contribution in [1.29, 1.82) is 0 Å². The number of nitrogens with one attached hydrogen (secondary N) is 2. The van der Waals surface area contributed by atoms with E-state index in [4.69, 9.17) is 9.98 Å². The Kier molecular flexibility index (Phi) is 8.27. The minimum Gasteiger partial charge on any atom is -0.353 e. The van der Waals surface area contributed by atoms with Gasteiger partial charge in [-0.05, 0) is 44.2 Å². The van der Waals surface area contributed by atoms with Crippen LogP contribution in [0.5, 0.6) is 0 Å². The Balaban J connectivity index is 1.32. The number of benzene rings is 1. The van der Waals surface area contributed by atoms with Gasteiger partial charge in [0, 0.05) is 17.6 Å². The van der Waals surface area contributed by atoms with Gasteiger partial charge in [0.2, 0.25) is 11.8 Å². The summed E-state index contributed by atoms with van der Waals surface area (Å²) in [5.41, 5.74) is 1.50. The molecule has 0 spiro atoms. The van der Waals surface area contributed by atoms with Gasteiger partial charge in [-0.1, -0.05) is 69.3 Å². The lowest BCUT2D eigenvalue weighted by Crippen LogP contribution is -2.45. The van der Waals surface area contributed by atoms with Crippen molar-refractivity contribution >= 4 is 46.2 Å². The minimum atomic E-state index is -0.785. The third-order valence-electron chi connectivity index (χ3n) is 7.76. The molecule has 2 fully saturated rings. The van der Waals surface area contributed by atoms with E-state index in [1.807, 2.05) is 31.2 Å². The molecule has 0 radical (unpaired) electrons. The third-order valence-corrected chi connectivity index (χ3v) is 9.08. The predicted molar refractivity (Wildman–Crippen MR) is 147 cm³/mol. The number of carbonyl (C=O) groups is 3. The number of amidine groups is 2. The second kappa shape index (κ2) is 11.8. The van der Waals surface area contributed by atoms with Crippen molar-refractivity contribution in [2.45, 2.75) is 107 Å². The number of fused-ring (bicyclic) bond motifs is 3. The number of nitrogens with zero attached hydrogens (tertiary/aromatic N) is 3. The molecule has 8 nitrogen and oxygen atoms in total. The lowest BCUT2D eigenvalue weighted by Gasteiger charge is -2.29. The van der Waals surface area contributed by atoms with Crippen LogP contribution in [0.1, 0.15) is 89.5 Å². The van der Waals surface area contributed by atoms with E-state index in [-0.39, 0.29) is 41.5 Å². The number of aliphatic imine (C=N–C) groups is 2. The topological polar surface area (TPSA) is 103 Å². The number of para-hydroxylation sites is 1. The van der Waals surface area contributed by atoms with Crippen LogP contribution < -0.4 is 10.6 Å². The first-order valence-corrected chi connectivity index (χ1v) is 14.8. The van der Waals surface area contributed by atoms with Gasteiger partial charge < -0.3 is 10.6 Å². The minimum absolute atomic E-state index is 0.00509. The molecule has 37 heavy (non-hydrogen) atoms. The van der Waals surface area contributed by atoms with Crippen molar-refractivity contribution < 1.29 is 14.4 Å². The Hall–Kier alpha value is -2.68. The zero-order valence-corrected chi connectivity index (χ0v) is 22.4. The number of thioether (sulfide) groups is 1. The second-order valence-electron chi connectivity index (χ2n) is 10.5. The lowest BCUT2D eigenvalue weighted by molar-refractivity contribution is -0.129. The van der Waals surface area contributed by atoms with E-state index < -0.39 is 6.04 Å². The number of amides is 3. The molecule has 1 aromatic rings. The van der Waals surface area contributed by atoms with Gasteiger partial charge >= 0.3 is 0 Å². The Bertz CT molecular complexity index is 1090. The van der Waals surface area contributed by atoms with Crippen LogP contribution >= 0.6 is 11.8 Å². The first-order chi connectivity index (χ1) is 18.0. The van der Waals surface area contributed by atoms with Gasteiger partial charge in [0.1, 0.15) is 11.9 Å². The van der Waals surface area contributed by atoms with Crippen molar-refractivity contribution in [3.63, 3.8) is 0 Å². The molecule has 2 heterocycles. The number of hydrogen-bond acceptors (Lipinski definition) is 6. The van der Waals surface area contributed by atoms with Gasteiger partial charge in [-0.2, -0.15) is 0 Å². The van der Waals surface area contributed by atoms with Gasteiger partial charge in [-0.3, -0.25) is 19.4 Å². The van der Waals surface area contributed by atoms with Crippen molar-refractivity contribution in [2.24, 2.45) is 9.98 Å². The van der Waals surface area contributed by atoms with Crippen molar-refractivity contribution in [3.05, 3.63) is 29.8 Å². The van der Waals surface area contributed by atoms with Crippen LogP contribution in [0.25, 0.3) is 0 Å². The monoisotopic (exact) mass is 523 g/mol. The Morgan fingerprint density at radius 1 is 1.00 bits per heavy atom. The molecular formula is C28H37N5O3S. The van der Waals surface area contributed by atoms with Crippen LogP contribution in [-0.2, 0) is 14.4 Å². The third kappa shape index (κ3) is 5.92. The smallest absolute Gasteiger partial charge is 0.259 e. The maximum atomic E-state index is 13.6. The van der Waals surface area contributed by atoms with Gasteiger partial charge in [0.25, 0.3) is 5.91 Å². The Morgan fingerprint density at radius 3 is 2.32 bits per heavy atom. The van der Waals surface area contributed by atoms with Gasteiger partial charge in [-0.15, -0.1) is 0 Å². The summed E-state index contributed by atoms with van der Waals surface area (Å²) in [4.78, 5) is 50.6. The summed E-state index contributed by atoms with van der Waals surface area (Å²) in [5.74, 6) is 0.134. The average Bonchev–Trinajstić information content (AvgIpc) is 3.24. The molecule has 2 aliphatic heterocycles. The molecule has 1 aromatic carbocycles. The molecule has 5 rings (SSSR count). The molecule has 2 N–H and O–H groups in total. The fourth-order valence-electron chi connectivity index (χ4n) is 5.71. The van der Waals surface area contributed by atoms with Crippen molar-refractivity contribution in [1.82, 2.24) is 15.5 Å². The maximum Gasteiger partial charge on any atom is 0.259 e. The molecule has 0 unspecified atom stereocenters. The molecule has 0 aromatic heterocycles. The molecule has 2 aliphatic carbocycles. The highest BCUT2D eigenvalue weighted by molar-refractivity contribution is 8.15. The standard InChI is InChI=1S/C28H37N5O3S/c1-2-23(26(35)30-19-13-7-4-8-14-19)37-28-32-21-16-10-9-15-20(21)25-31-22(27(36)33(25)28)17-24(34)29-18-11-5-3-6-12-18/h9-10,15-16,18-19,22-23H,2-8,11-14,17H2,1H3,(H,29,34)(H,30,35)/t22-,23-/m1/s1. The summed E-state index contributed by atoms with van der Waals surface area (Å²) in [5, 5.41) is 6.42. The zero-order valence-electron chi connectivity index (χ0n) is 21.6. The fraction of sp³-hybridized carbons (Fsp3) is 0.607. The largest absolute Gasteiger partial charge is 0.353 e. The van der Waals surface area contributed by atoms with Gasteiger partial charge in [0.05, 0.1) is 17.4 Å². The van der Waals surface area contributed by atoms with Crippen LogP contribution in [0.2, 0.25) is 0 Å². The zero-order chi connectivity index (χ0) is 25.8. The number of rotatable bonds is 7. The van der Waals surface area contributed by atoms with Crippen molar-refractivity contribution in [2.75, 3.05) is 0 Å². The summed E-state index contributed by atoms with van der Waals surface area (Å²) in [6.45, 7) is 1.98. The fourth-order valence-corrected chi connectivity index (χ4v) is 6.74. The molecule has 0 bridgehead atoms. The first-order valence-electron chi connectivity index (χ1n) is 13.9. The molecule has 3 amide bonds. The summed E-state index contributed by atoms with van der Waals surface area (Å²) < 4.78 is 0. The van der Waals surface area contributed by atoms with E-state index in [0.717, 1.165) is 62.6 Å². The summed E-state index contributed by atoms with van der Waals surface area (Å²) in [6.07, 6.45) is 11.7. The highest BCUT2D eigenvalue weighted by Gasteiger charge is 2.43. The van der Waals surface area contributed by atoms with Crippen molar-refractivity contribution in [3.8, 4) is 0 Å². The van der Waals surface area contributed by atoms with E-state index in [1.54, 1.807) is 0 Å². The molecule has 2 atom stereocenters. The van der Waals surface area contributed by atoms with Crippen LogP contribution in [-0.4, -0.2) is 57.0 Å². The van der Waals surface area contributed by atoms with Gasteiger partial charge in [0.15, 0.2) is 5.17 Å². The molecular weight excluding hydrogens is 486 g/mol. The van der Waals surface area contributed by atoms with Crippen LogP contribution in [0.15, 0.2) is 34.3 Å². The summed E-state index contributed by atoms with van der Waals surface area (Å²) in [6, 6.07) is 7.22. The van der Waals surface area contributed by atoms with Crippen LogP contribution in [0, 0.1) is 0 Å². The SMILES string of the molecule is CC[C@@H](SC1=Nc2ccccc2C2=N[C@H](CC(=O)NC3CCCCC3)C(=O)N12)C(=O)NC1CCCCC1. The quantitative estimate of drug-likeness (QED) is 0.551. The predicted octanol–water partition coefficient (Wildman–Crippen LogP) is 4.44. The molecule has 2 saturated carbocycles. The highest BCUT2D eigenvalue weighted by atomic mass is 32.2. The lowest BCUT2D eigenvalue weighted by atomic mass is 9.95. The van der Waals surface area contributed by atoms with Crippen LogP contribution in [0.3, 0.4) is 0 Å². The molecule has 0 saturated heterocycles. The second-order valence-corrected chi connectivity index (χ2v) is 11.7. The van der Waals surface area contributed by atoms with E-state index >= 15 is 0 Å². The summed E-state index contributed by atoms with van der Waals surface area (Å²) in [7, 11) is 0. The molecule has 4 aliphatic rings. The first kappa shape index (κ1) is 25.9. The molecule has 9 heteroatoms. The molecule has 198 valence electrons. The number of hydrogen-bond donors (Lipinski definition) is 2. The Morgan fingerprint density at radius 2 is 1.65 bits per heavy atom. The van der Waals surface area contributed by atoms with Crippen LogP contribution in [0.4, 0.5) is 5.69 Å². The number of carbonyl (C=O) groups excluding carboxylic acids is 3. The average molecular weight is 524 g/mol. The van der Waals surface area contributed by atoms with E-state index in [1.165, 1.54) is 29.5 Å². The Labute approximate surface area is 223 Å².